The van der Waals surface area contributed by atoms with E-state index in [0.717, 1.165) is 40.5 Å². The average Bonchev–Trinajstić information content (AvgIpc) is 3.39. The number of esters is 1. The van der Waals surface area contributed by atoms with E-state index in [2.05, 4.69) is 6.07 Å². The molecule has 0 saturated carbocycles. The minimum absolute atomic E-state index is 0.0608. The van der Waals surface area contributed by atoms with Gasteiger partial charge in [0, 0.05) is 17.5 Å². The van der Waals surface area contributed by atoms with Gasteiger partial charge in [0.1, 0.15) is 23.0 Å². The molecule has 3 aromatic rings. The summed E-state index contributed by atoms with van der Waals surface area (Å²) in [6, 6.07) is 19.3. The third-order valence-electron chi connectivity index (χ3n) is 5.34. The predicted octanol–water partition coefficient (Wildman–Crippen LogP) is 4.62. The van der Waals surface area contributed by atoms with E-state index in [-0.39, 0.29) is 12.0 Å². The number of ether oxygens (including phenoxy) is 2. The summed E-state index contributed by atoms with van der Waals surface area (Å²) in [5.74, 6) is 2.13. The number of furan rings is 1. The fourth-order valence-corrected chi connectivity index (χ4v) is 3.89. The van der Waals surface area contributed by atoms with Crippen molar-refractivity contribution in [3.63, 3.8) is 0 Å². The van der Waals surface area contributed by atoms with Gasteiger partial charge in [-0.3, -0.25) is 0 Å². The summed E-state index contributed by atoms with van der Waals surface area (Å²) >= 11 is 0. The molecule has 3 heterocycles. The molecule has 2 aliphatic rings. The fourth-order valence-electron chi connectivity index (χ4n) is 3.89. The van der Waals surface area contributed by atoms with Crippen molar-refractivity contribution in [1.29, 1.82) is 0 Å². The Balaban J connectivity index is 1.54. The number of hydrogen-bond donors (Lipinski definition) is 0. The normalized spacial score (nSPS) is 19.8. The van der Waals surface area contributed by atoms with Gasteiger partial charge in [-0.25, -0.2) is 9.80 Å². The number of fused-ring (bicyclic) bond motifs is 3. The quantitative estimate of drug-likeness (QED) is 0.613. The first-order valence-electron chi connectivity index (χ1n) is 9.50. The zero-order chi connectivity index (χ0) is 20.0. The van der Waals surface area contributed by atoms with E-state index < -0.39 is 6.23 Å². The highest BCUT2D eigenvalue weighted by molar-refractivity contribution is 5.99. The molecule has 0 radical (unpaired) electrons. The molecule has 0 amide bonds. The molecule has 0 fully saturated rings. The maximum Gasteiger partial charge on any atom is 0.337 e. The molecule has 0 saturated heterocycles. The molecule has 0 unspecified atom stereocenters. The van der Waals surface area contributed by atoms with Crippen molar-refractivity contribution < 1.29 is 18.7 Å². The van der Waals surface area contributed by atoms with E-state index in [9.17, 15) is 4.79 Å². The van der Waals surface area contributed by atoms with E-state index in [4.69, 9.17) is 19.0 Å². The third kappa shape index (κ3) is 2.97. The van der Waals surface area contributed by atoms with Gasteiger partial charge in [0.2, 0.25) is 6.23 Å². The van der Waals surface area contributed by atoms with Gasteiger partial charge < -0.3 is 13.9 Å². The van der Waals surface area contributed by atoms with Gasteiger partial charge in [-0.15, -0.1) is 0 Å². The third-order valence-corrected chi connectivity index (χ3v) is 5.34. The van der Waals surface area contributed by atoms with Crippen LogP contribution in [0, 0.1) is 6.92 Å². The van der Waals surface area contributed by atoms with Gasteiger partial charge in [-0.1, -0.05) is 30.3 Å². The number of hydrogen-bond acceptors (Lipinski definition) is 6. The highest BCUT2D eigenvalue weighted by Gasteiger charge is 2.41. The van der Waals surface area contributed by atoms with Crippen molar-refractivity contribution in [1.82, 2.24) is 5.01 Å². The lowest BCUT2D eigenvalue weighted by molar-refractivity contribution is -0.0190. The lowest BCUT2D eigenvalue weighted by atomic mass is 9.97. The Morgan fingerprint density at radius 2 is 1.90 bits per heavy atom. The Morgan fingerprint density at radius 3 is 2.62 bits per heavy atom. The largest absolute Gasteiger partial charge is 0.465 e. The number of nitrogens with zero attached hydrogens (tertiary/aromatic N) is 2. The van der Waals surface area contributed by atoms with Gasteiger partial charge in [0.05, 0.1) is 18.7 Å². The standard InChI is InChI=1S/C23H20N2O4/c1-14-7-12-21(28-14)18-13-19-17-5-3-4-6-20(17)29-22(25(19)24-18)15-8-10-16(11-9-15)23(26)27-2/h3-12,19,22H,13H2,1-2H3/t19-,22+/m1/s1. The Labute approximate surface area is 168 Å². The lowest BCUT2D eigenvalue weighted by Crippen LogP contribution is -2.33. The topological polar surface area (TPSA) is 64.3 Å². The Morgan fingerprint density at radius 1 is 1.10 bits per heavy atom. The summed E-state index contributed by atoms with van der Waals surface area (Å²) in [6.07, 6.45) is 0.347. The van der Waals surface area contributed by atoms with Crippen LogP contribution in [0.1, 0.15) is 51.7 Å². The van der Waals surface area contributed by atoms with E-state index in [0.29, 0.717) is 5.56 Å². The van der Waals surface area contributed by atoms with Crippen molar-refractivity contribution in [2.75, 3.05) is 7.11 Å². The van der Waals surface area contributed by atoms with Gasteiger partial charge in [-0.05, 0) is 37.3 Å². The van der Waals surface area contributed by atoms with Crippen LogP contribution in [0.3, 0.4) is 0 Å². The SMILES string of the molecule is COC(=O)c1ccc([C@@H]2Oc3ccccc3[C@H]3CC(c4ccc(C)o4)=NN32)cc1. The van der Waals surface area contributed by atoms with Crippen LogP contribution in [0.25, 0.3) is 0 Å². The van der Waals surface area contributed by atoms with Crippen molar-refractivity contribution >= 4 is 11.7 Å². The maximum absolute atomic E-state index is 11.8. The summed E-state index contributed by atoms with van der Waals surface area (Å²) in [4.78, 5) is 11.8. The number of carbonyl (C=O) groups excluding carboxylic acids is 1. The second-order valence-electron chi connectivity index (χ2n) is 7.18. The molecule has 0 bridgehead atoms. The van der Waals surface area contributed by atoms with Gasteiger partial charge in [0.25, 0.3) is 0 Å². The molecule has 2 atom stereocenters. The first-order valence-corrected chi connectivity index (χ1v) is 9.50. The average molecular weight is 388 g/mol. The van der Waals surface area contributed by atoms with Crippen LogP contribution in [0.2, 0.25) is 0 Å². The molecule has 146 valence electrons. The Kier molecular flexibility index (Phi) is 4.12. The molecular weight excluding hydrogens is 368 g/mol. The molecule has 29 heavy (non-hydrogen) atoms. The number of para-hydroxylation sites is 1. The van der Waals surface area contributed by atoms with Crippen molar-refractivity contribution in [3.8, 4) is 5.75 Å². The second-order valence-corrected chi connectivity index (χ2v) is 7.18. The zero-order valence-electron chi connectivity index (χ0n) is 16.2. The number of aryl methyl sites for hydroxylation is 1. The first kappa shape index (κ1) is 17.6. The first-order chi connectivity index (χ1) is 14.1. The molecule has 6 nitrogen and oxygen atoms in total. The van der Waals surface area contributed by atoms with E-state index in [1.54, 1.807) is 12.1 Å². The van der Waals surface area contributed by atoms with E-state index >= 15 is 0 Å². The van der Waals surface area contributed by atoms with Crippen molar-refractivity contribution in [3.05, 3.63) is 88.9 Å². The van der Waals surface area contributed by atoms with Crippen LogP contribution in [-0.2, 0) is 4.74 Å². The molecule has 6 heteroatoms. The minimum atomic E-state index is -0.393. The lowest BCUT2D eigenvalue weighted by Gasteiger charge is -2.38. The maximum atomic E-state index is 11.8. The number of rotatable bonds is 3. The van der Waals surface area contributed by atoms with Gasteiger partial charge >= 0.3 is 5.97 Å². The molecule has 1 aromatic heterocycles. The highest BCUT2D eigenvalue weighted by Crippen LogP contribution is 2.47. The Bertz CT molecular complexity index is 1100. The van der Waals surface area contributed by atoms with Crippen LogP contribution < -0.4 is 4.74 Å². The summed E-state index contributed by atoms with van der Waals surface area (Å²) in [6.45, 7) is 1.93. The van der Waals surface area contributed by atoms with E-state index in [1.807, 2.05) is 54.4 Å². The summed E-state index contributed by atoms with van der Waals surface area (Å²) in [5, 5.41) is 6.85. The minimum Gasteiger partial charge on any atom is -0.465 e. The van der Waals surface area contributed by atoms with Crippen LogP contribution in [0.4, 0.5) is 0 Å². The number of carbonyl (C=O) groups is 1. The molecule has 2 aliphatic heterocycles. The van der Waals surface area contributed by atoms with Gasteiger partial charge in [-0.2, -0.15) is 5.10 Å². The second kappa shape index (κ2) is 6.81. The number of hydrazone groups is 1. The number of benzene rings is 2. The van der Waals surface area contributed by atoms with Crippen LogP contribution in [0.5, 0.6) is 5.75 Å². The van der Waals surface area contributed by atoms with Gasteiger partial charge in [0.15, 0.2) is 0 Å². The van der Waals surface area contributed by atoms with Crippen LogP contribution in [0.15, 0.2) is 70.2 Å². The highest BCUT2D eigenvalue weighted by atomic mass is 16.5. The monoisotopic (exact) mass is 388 g/mol. The molecule has 5 rings (SSSR count). The molecule has 0 aliphatic carbocycles. The van der Waals surface area contributed by atoms with Crippen molar-refractivity contribution in [2.45, 2.75) is 25.6 Å². The predicted molar refractivity (Wildman–Crippen MR) is 107 cm³/mol. The fraction of sp³-hybridized carbons (Fsp3) is 0.217. The van der Waals surface area contributed by atoms with Crippen LogP contribution >= 0.6 is 0 Å². The summed E-state index contributed by atoms with van der Waals surface area (Å²) < 4.78 is 16.9. The summed E-state index contributed by atoms with van der Waals surface area (Å²) in [5.41, 5.74) is 3.43. The van der Waals surface area contributed by atoms with Crippen molar-refractivity contribution in [2.24, 2.45) is 5.10 Å². The zero-order valence-corrected chi connectivity index (χ0v) is 16.2. The smallest absolute Gasteiger partial charge is 0.337 e. The van der Waals surface area contributed by atoms with E-state index in [1.165, 1.54) is 7.11 Å². The molecular formula is C23H20N2O4. The molecule has 2 aromatic carbocycles. The summed E-state index contributed by atoms with van der Waals surface area (Å²) in [7, 11) is 1.37. The number of methoxy groups -OCH3 is 1. The molecule has 0 N–H and O–H groups in total. The van der Waals surface area contributed by atoms with Crippen LogP contribution in [-0.4, -0.2) is 23.8 Å². The Hall–Kier alpha value is -3.54. The molecule has 0 spiro atoms.